The standard InChI is InChI=1S/C34H45F2N7O7S/c1-22(40(2)3)20-41(4)26-6-7-28(30(19-26)37-25-9-12-49-13-10-25)33(44)38-32-29-21-42(51(46,47)27-17-23(35)16-24(36)18-27)11-8-31(29)43(39-32)34(45)50-15-14-48-5/h6-7,16-19,22,25,37H,8-15,20-21H2,1-5H3,(H,38,39,44). The van der Waals surface area contributed by atoms with Crippen molar-refractivity contribution in [3.63, 3.8) is 0 Å². The summed E-state index contributed by atoms with van der Waals surface area (Å²) in [4.78, 5) is 30.8. The van der Waals surface area contributed by atoms with E-state index in [-0.39, 0.29) is 56.2 Å². The highest BCUT2D eigenvalue weighted by Gasteiger charge is 2.35. The molecule has 3 aromatic rings. The number of methoxy groups -OCH3 is 1. The van der Waals surface area contributed by atoms with Crippen molar-refractivity contribution in [2.45, 2.75) is 49.7 Å². The van der Waals surface area contributed by atoms with Gasteiger partial charge in [0.15, 0.2) is 5.82 Å². The molecule has 278 valence electrons. The number of nitrogens with zero attached hydrogens (tertiary/aromatic N) is 5. The predicted octanol–water partition coefficient (Wildman–Crippen LogP) is 3.77. The highest BCUT2D eigenvalue weighted by molar-refractivity contribution is 7.89. The van der Waals surface area contributed by atoms with Crippen molar-refractivity contribution in [1.82, 2.24) is 19.0 Å². The van der Waals surface area contributed by atoms with Crippen LogP contribution in [-0.4, -0.2) is 119 Å². The van der Waals surface area contributed by atoms with E-state index in [2.05, 4.69) is 32.5 Å². The van der Waals surface area contributed by atoms with Crippen LogP contribution in [0.2, 0.25) is 0 Å². The molecule has 3 heterocycles. The number of ether oxygens (including phenoxy) is 3. The van der Waals surface area contributed by atoms with E-state index in [1.54, 1.807) is 6.07 Å². The molecule has 2 aliphatic rings. The van der Waals surface area contributed by atoms with Crippen molar-refractivity contribution >= 4 is 39.2 Å². The minimum absolute atomic E-state index is 0.00241. The fourth-order valence-electron chi connectivity index (χ4n) is 5.94. The number of likely N-dealkylation sites (N-methyl/N-ethyl adjacent to an activating group) is 2. The fourth-order valence-corrected chi connectivity index (χ4v) is 7.39. The lowest BCUT2D eigenvalue weighted by Gasteiger charge is -2.29. The van der Waals surface area contributed by atoms with Gasteiger partial charge in [0, 0.05) is 88.5 Å². The first-order valence-corrected chi connectivity index (χ1v) is 18.1. The third kappa shape index (κ3) is 9.02. The van der Waals surface area contributed by atoms with Gasteiger partial charge in [-0.15, -0.1) is 5.10 Å². The van der Waals surface area contributed by atoms with Crippen LogP contribution in [0.5, 0.6) is 0 Å². The second-order valence-electron chi connectivity index (χ2n) is 12.9. The summed E-state index contributed by atoms with van der Waals surface area (Å²) in [7, 11) is 3.08. The number of hydrogen-bond acceptors (Lipinski definition) is 11. The number of hydrogen-bond donors (Lipinski definition) is 2. The van der Waals surface area contributed by atoms with E-state index in [1.165, 1.54) is 7.11 Å². The Kier molecular flexibility index (Phi) is 12.3. The van der Waals surface area contributed by atoms with Gasteiger partial charge in [0.05, 0.1) is 22.8 Å². The van der Waals surface area contributed by atoms with Gasteiger partial charge in [0.25, 0.3) is 5.91 Å². The molecule has 0 bridgehead atoms. The molecule has 1 saturated heterocycles. The number of benzene rings is 2. The van der Waals surface area contributed by atoms with E-state index >= 15 is 0 Å². The Hall–Kier alpha value is -4.16. The maximum absolute atomic E-state index is 14.1. The molecule has 17 heteroatoms. The SMILES string of the molecule is COCCOC(=O)n1nc(NC(=O)c2ccc(N(C)CC(C)N(C)C)cc2NC2CCOCC2)c2c1CCN(S(=O)(=O)c1cc(F)cc(F)c1)C2. The molecule has 5 rings (SSSR count). The van der Waals surface area contributed by atoms with E-state index in [1.807, 2.05) is 33.3 Å². The molecule has 2 aliphatic heterocycles. The van der Waals surface area contributed by atoms with Gasteiger partial charge in [0.2, 0.25) is 10.0 Å². The minimum atomic E-state index is -4.38. The molecule has 1 atom stereocenters. The van der Waals surface area contributed by atoms with Gasteiger partial charge < -0.3 is 34.6 Å². The van der Waals surface area contributed by atoms with E-state index in [4.69, 9.17) is 14.2 Å². The first-order valence-electron chi connectivity index (χ1n) is 16.7. The summed E-state index contributed by atoms with van der Waals surface area (Å²) in [6, 6.07) is 7.86. The van der Waals surface area contributed by atoms with E-state index in [0.717, 1.165) is 46.2 Å². The van der Waals surface area contributed by atoms with Gasteiger partial charge in [0.1, 0.15) is 18.2 Å². The Morgan fingerprint density at radius 1 is 1.08 bits per heavy atom. The van der Waals surface area contributed by atoms with Crippen molar-refractivity contribution in [2.75, 3.05) is 83.3 Å². The van der Waals surface area contributed by atoms with Crippen LogP contribution in [0.15, 0.2) is 41.3 Å². The van der Waals surface area contributed by atoms with Gasteiger partial charge in [-0.2, -0.15) is 8.99 Å². The molecule has 0 spiro atoms. The minimum Gasteiger partial charge on any atom is -0.445 e. The van der Waals surface area contributed by atoms with Gasteiger partial charge in [-0.25, -0.2) is 22.0 Å². The molecule has 51 heavy (non-hydrogen) atoms. The molecule has 14 nitrogen and oxygen atoms in total. The van der Waals surface area contributed by atoms with Crippen LogP contribution in [0.1, 0.15) is 41.4 Å². The number of nitrogens with one attached hydrogen (secondary N) is 2. The summed E-state index contributed by atoms with van der Waals surface area (Å²) in [6.45, 7) is 3.65. The highest BCUT2D eigenvalue weighted by Crippen LogP contribution is 2.32. The topological polar surface area (TPSA) is 148 Å². The van der Waals surface area contributed by atoms with Gasteiger partial charge in [-0.1, -0.05) is 0 Å². The molecule has 0 radical (unpaired) electrons. The zero-order valence-electron chi connectivity index (χ0n) is 29.4. The van der Waals surface area contributed by atoms with Gasteiger partial charge in [-0.05, 0) is 64.2 Å². The number of carbonyl (C=O) groups is 2. The maximum Gasteiger partial charge on any atom is 0.435 e. The molecule has 0 saturated carbocycles. The maximum atomic E-state index is 14.1. The van der Waals surface area contributed by atoms with Crippen LogP contribution in [0.25, 0.3) is 0 Å². The number of carbonyl (C=O) groups excluding carboxylic acids is 2. The Morgan fingerprint density at radius 2 is 1.78 bits per heavy atom. The predicted molar refractivity (Wildman–Crippen MR) is 187 cm³/mol. The molecule has 1 unspecified atom stereocenters. The van der Waals surface area contributed by atoms with Crippen molar-refractivity contribution in [1.29, 1.82) is 0 Å². The Bertz CT molecular complexity index is 1810. The number of halogens is 2. The number of anilines is 3. The number of rotatable bonds is 13. The summed E-state index contributed by atoms with van der Waals surface area (Å²) in [5.74, 6) is -2.68. The third-order valence-electron chi connectivity index (χ3n) is 9.10. The molecule has 0 aliphatic carbocycles. The summed E-state index contributed by atoms with van der Waals surface area (Å²) >= 11 is 0. The zero-order chi connectivity index (χ0) is 36.9. The van der Waals surface area contributed by atoms with Crippen molar-refractivity contribution in [3.05, 3.63) is 64.9 Å². The molecule has 1 amide bonds. The lowest BCUT2D eigenvalue weighted by atomic mass is 10.1. The van der Waals surface area contributed by atoms with Crippen LogP contribution in [0.4, 0.5) is 30.8 Å². The quantitative estimate of drug-likeness (QED) is 0.248. The average Bonchev–Trinajstić information content (AvgIpc) is 3.45. The summed E-state index contributed by atoms with van der Waals surface area (Å²) in [6.07, 6.45) is 0.661. The highest BCUT2D eigenvalue weighted by atomic mass is 32.2. The lowest BCUT2D eigenvalue weighted by molar-refractivity contribution is 0.0904. The van der Waals surface area contributed by atoms with Gasteiger partial charge >= 0.3 is 6.09 Å². The number of aromatic nitrogens is 2. The van der Waals surface area contributed by atoms with Crippen molar-refractivity contribution < 1.29 is 41.0 Å². The van der Waals surface area contributed by atoms with Crippen molar-refractivity contribution in [3.8, 4) is 0 Å². The summed E-state index contributed by atoms with van der Waals surface area (Å²) < 4.78 is 73.0. The Labute approximate surface area is 296 Å². The normalized spacial score (nSPS) is 16.1. The first-order chi connectivity index (χ1) is 24.3. The van der Waals surface area contributed by atoms with Crippen LogP contribution >= 0.6 is 0 Å². The number of fused-ring (bicyclic) bond motifs is 1. The van der Waals surface area contributed by atoms with Crippen LogP contribution in [0.3, 0.4) is 0 Å². The Balaban J connectivity index is 1.48. The van der Waals surface area contributed by atoms with Crippen LogP contribution in [0, 0.1) is 11.6 Å². The molecule has 2 aromatic carbocycles. The zero-order valence-corrected chi connectivity index (χ0v) is 30.3. The molecule has 1 aromatic heterocycles. The molecular weight excluding hydrogens is 688 g/mol. The fraction of sp³-hybridized carbons (Fsp3) is 0.500. The monoisotopic (exact) mass is 733 g/mol. The lowest BCUT2D eigenvalue weighted by Crippen LogP contribution is -2.37. The second kappa shape index (κ2) is 16.5. The summed E-state index contributed by atoms with van der Waals surface area (Å²) in [5, 5.41) is 10.7. The Morgan fingerprint density at radius 3 is 2.45 bits per heavy atom. The number of amides is 1. The smallest absolute Gasteiger partial charge is 0.435 e. The first kappa shape index (κ1) is 38.1. The van der Waals surface area contributed by atoms with E-state index < -0.39 is 38.6 Å². The molecule has 1 fully saturated rings. The summed E-state index contributed by atoms with van der Waals surface area (Å²) in [5.41, 5.74) is 2.36. The van der Waals surface area contributed by atoms with Gasteiger partial charge in [-0.3, -0.25) is 4.79 Å². The average molecular weight is 734 g/mol. The third-order valence-corrected chi connectivity index (χ3v) is 10.9. The van der Waals surface area contributed by atoms with Crippen molar-refractivity contribution in [2.24, 2.45) is 0 Å². The van der Waals surface area contributed by atoms with Crippen LogP contribution in [-0.2, 0) is 37.2 Å². The van der Waals surface area contributed by atoms with E-state index in [9.17, 15) is 26.8 Å². The van der Waals surface area contributed by atoms with E-state index in [0.29, 0.717) is 36.2 Å². The van der Waals surface area contributed by atoms with Crippen LogP contribution < -0.4 is 15.5 Å². The molecule has 2 N–H and O–H groups in total. The largest absolute Gasteiger partial charge is 0.445 e. The number of sulfonamides is 1. The second-order valence-corrected chi connectivity index (χ2v) is 14.8. The molecular formula is C34H45F2N7O7S.